The van der Waals surface area contributed by atoms with E-state index in [4.69, 9.17) is 0 Å². The van der Waals surface area contributed by atoms with E-state index >= 15 is 0 Å². The molecular weight excluding hydrogens is 312 g/mol. The Morgan fingerprint density at radius 1 is 1.00 bits per heavy atom. The fourth-order valence-corrected chi connectivity index (χ4v) is 4.00. The molecule has 0 spiro atoms. The molecule has 2 heterocycles. The smallest absolute Gasteiger partial charge is 0.266 e. The molecule has 1 aromatic rings. The van der Waals surface area contributed by atoms with Gasteiger partial charge in [0, 0.05) is 50.7 Å². The second-order valence-electron chi connectivity index (χ2n) is 8.82. The molecule has 0 radical (unpaired) electrons. The van der Waals surface area contributed by atoms with Gasteiger partial charge in [0.2, 0.25) is 0 Å². The van der Waals surface area contributed by atoms with Crippen molar-refractivity contribution in [3.05, 3.63) is 28.2 Å². The molecule has 1 aliphatic heterocycles. The van der Waals surface area contributed by atoms with Crippen LogP contribution in [0, 0.1) is 5.92 Å². The molecule has 1 aromatic heterocycles. The number of piperazine rings is 1. The van der Waals surface area contributed by atoms with Crippen LogP contribution < -0.4 is 5.56 Å². The molecule has 5 heteroatoms. The molecule has 25 heavy (non-hydrogen) atoms. The van der Waals surface area contributed by atoms with Crippen molar-refractivity contribution < 1.29 is 0 Å². The number of aromatic nitrogens is 2. The third kappa shape index (κ3) is 5.14. The van der Waals surface area contributed by atoms with E-state index < -0.39 is 0 Å². The zero-order valence-corrected chi connectivity index (χ0v) is 16.2. The zero-order chi connectivity index (χ0) is 17.9. The van der Waals surface area contributed by atoms with E-state index in [1.54, 1.807) is 10.7 Å². The van der Waals surface area contributed by atoms with Gasteiger partial charge in [-0.05, 0) is 24.8 Å². The maximum atomic E-state index is 12.1. The van der Waals surface area contributed by atoms with Crippen LogP contribution >= 0.6 is 0 Å². The van der Waals surface area contributed by atoms with Crippen molar-refractivity contribution in [3.8, 4) is 0 Å². The Morgan fingerprint density at radius 2 is 1.64 bits per heavy atom. The fraction of sp³-hybridized carbons (Fsp3) is 0.800. The third-order valence-electron chi connectivity index (χ3n) is 5.72. The number of hydrogen-bond donors (Lipinski definition) is 0. The van der Waals surface area contributed by atoms with Crippen LogP contribution in [0.4, 0.5) is 0 Å². The van der Waals surface area contributed by atoms with Crippen molar-refractivity contribution in [2.24, 2.45) is 5.92 Å². The molecule has 0 bridgehead atoms. The van der Waals surface area contributed by atoms with Crippen LogP contribution in [0.1, 0.15) is 52.1 Å². The third-order valence-corrected chi connectivity index (χ3v) is 5.72. The second-order valence-corrected chi connectivity index (χ2v) is 8.82. The topological polar surface area (TPSA) is 41.4 Å². The van der Waals surface area contributed by atoms with Crippen LogP contribution in [0.15, 0.2) is 16.9 Å². The summed E-state index contributed by atoms with van der Waals surface area (Å²) in [5.74, 6) is 0.939. The van der Waals surface area contributed by atoms with E-state index in [1.807, 2.05) is 6.07 Å². The van der Waals surface area contributed by atoms with Crippen LogP contribution in [-0.4, -0.2) is 58.8 Å². The highest BCUT2D eigenvalue weighted by atomic mass is 16.1. The summed E-state index contributed by atoms with van der Waals surface area (Å²) in [6.45, 7) is 13.9. The first-order valence-electron chi connectivity index (χ1n) is 9.95. The summed E-state index contributed by atoms with van der Waals surface area (Å²) < 4.78 is 1.64. The molecule has 0 aromatic carbocycles. The highest BCUT2D eigenvalue weighted by Gasteiger charge is 2.22. The average Bonchev–Trinajstić information content (AvgIpc) is 3.07. The summed E-state index contributed by atoms with van der Waals surface area (Å²) in [7, 11) is 0. The highest BCUT2D eigenvalue weighted by molar-refractivity contribution is 5.10. The van der Waals surface area contributed by atoms with E-state index in [0.29, 0.717) is 6.54 Å². The predicted octanol–water partition coefficient (Wildman–Crippen LogP) is 2.35. The predicted molar refractivity (Wildman–Crippen MR) is 102 cm³/mol. The van der Waals surface area contributed by atoms with Crippen LogP contribution in [0.2, 0.25) is 0 Å². The van der Waals surface area contributed by atoms with Crippen LogP contribution in [0.3, 0.4) is 0 Å². The molecule has 2 aliphatic rings. The molecule has 0 amide bonds. The maximum absolute atomic E-state index is 12.1. The quantitative estimate of drug-likeness (QED) is 0.821. The lowest BCUT2D eigenvalue weighted by Gasteiger charge is -2.36. The summed E-state index contributed by atoms with van der Waals surface area (Å²) >= 11 is 0. The van der Waals surface area contributed by atoms with Gasteiger partial charge in [0.1, 0.15) is 0 Å². The first-order chi connectivity index (χ1) is 11.9. The van der Waals surface area contributed by atoms with Crippen molar-refractivity contribution >= 4 is 0 Å². The Morgan fingerprint density at radius 3 is 2.28 bits per heavy atom. The normalized spacial score (nSPS) is 21.1. The summed E-state index contributed by atoms with van der Waals surface area (Å²) in [4.78, 5) is 17.2. The van der Waals surface area contributed by atoms with Crippen molar-refractivity contribution in [3.63, 3.8) is 0 Å². The van der Waals surface area contributed by atoms with Crippen LogP contribution in [0.25, 0.3) is 0 Å². The first-order valence-corrected chi connectivity index (χ1v) is 9.95. The van der Waals surface area contributed by atoms with Crippen LogP contribution in [0.5, 0.6) is 0 Å². The van der Waals surface area contributed by atoms with E-state index in [1.165, 1.54) is 45.3 Å². The van der Waals surface area contributed by atoms with Gasteiger partial charge >= 0.3 is 0 Å². The Bertz CT molecular complexity index is 605. The van der Waals surface area contributed by atoms with Crippen molar-refractivity contribution in [2.75, 3.05) is 39.3 Å². The largest absolute Gasteiger partial charge is 0.301 e. The van der Waals surface area contributed by atoms with Crippen molar-refractivity contribution in [2.45, 2.75) is 58.4 Å². The Kier molecular flexibility index (Phi) is 5.95. The number of nitrogens with zero attached hydrogens (tertiary/aromatic N) is 4. The van der Waals surface area contributed by atoms with E-state index in [-0.39, 0.29) is 11.0 Å². The van der Waals surface area contributed by atoms with Gasteiger partial charge in [-0.15, -0.1) is 0 Å². The van der Waals surface area contributed by atoms with Crippen molar-refractivity contribution in [1.29, 1.82) is 0 Å². The molecule has 0 atom stereocenters. The van der Waals surface area contributed by atoms with E-state index in [9.17, 15) is 4.79 Å². The zero-order valence-electron chi connectivity index (χ0n) is 16.2. The molecule has 140 valence electrons. The molecule has 2 fully saturated rings. The van der Waals surface area contributed by atoms with Gasteiger partial charge in [-0.1, -0.05) is 33.6 Å². The molecule has 3 rings (SSSR count). The maximum Gasteiger partial charge on any atom is 0.266 e. The lowest BCUT2D eigenvalue weighted by atomic mass is 9.92. The minimum atomic E-state index is -0.0265. The molecule has 1 saturated heterocycles. The molecule has 0 N–H and O–H groups in total. The van der Waals surface area contributed by atoms with Crippen LogP contribution in [-0.2, 0) is 12.0 Å². The minimum absolute atomic E-state index is 0.00729. The lowest BCUT2D eigenvalue weighted by molar-refractivity contribution is 0.114. The average molecular weight is 347 g/mol. The van der Waals surface area contributed by atoms with Crippen molar-refractivity contribution in [1.82, 2.24) is 19.6 Å². The van der Waals surface area contributed by atoms with Gasteiger partial charge in [-0.3, -0.25) is 9.69 Å². The lowest BCUT2D eigenvalue weighted by Crippen LogP contribution is -2.48. The molecule has 1 aliphatic carbocycles. The van der Waals surface area contributed by atoms with E-state index in [2.05, 4.69) is 35.7 Å². The first kappa shape index (κ1) is 18.6. The molecule has 5 nitrogen and oxygen atoms in total. The number of rotatable bonds is 5. The summed E-state index contributed by atoms with van der Waals surface area (Å²) in [5, 5.41) is 4.58. The monoisotopic (exact) mass is 346 g/mol. The van der Waals surface area contributed by atoms with Gasteiger partial charge in [0.15, 0.2) is 0 Å². The van der Waals surface area contributed by atoms with Gasteiger partial charge in [-0.2, -0.15) is 5.10 Å². The Hall–Kier alpha value is -1.20. The van der Waals surface area contributed by atoms with E-state index in [0.717, 1.165) is 31.2 Å². The Labute approximate surface area is 152 Å². The summed E-state index contributed by atoms with van der Waals surface area (Å²) in [6.07, 6.45) is 5.72. The second kappa shape index (κ2) is 8.00. The fourth-order valence-electron chi connectivity index (χ4n) is 4.00. The minimum Gasteiger partial charge on any atom is -0.301 e. The Balaban J connectivity index is 1.47. The van der Waals surface area contributed by atoms with Gasteiger partial charge in [-0.25, -0.2) is 4.68 Å². The SMILES string of the molecule is CC(C)(C)c1ccc(=O)n(CCN2CCN(CC3CCCC3)CC2)n1. The van der Waals surface area contributed by atoms with Gasteiger partial charge in [0.25, 0.3) is 5.56 Å². The van der Waals surface area contributed by atoms with Gasteiger partial charge in [0.05, 0.1) is 12.2 Å². The molecule has 1 saturated carbocycles. The summed E-state index contributed by atoms with van der Waals surface area (Å²) in [6, 6.07) is 3.52. The summed E-state index contributed by atoms with van der Waals surface area (Å²) in [5.41, 5.74) is 0.961. The standard InChI is InChI=1S/C20H34N4O/c1-20(2,3)18-8-9-19(25)24(21-18)15-14-22-10-12-23(13-11-22)16-17-6-4-5-7-17/h8-9,17H,4-7,10-16H2,1-3H3. The van der Waals surface area contributed by atoms with Gasteiger partial charge < -0.3 is 4.90 Å². The number of hydrogen-bond acceptors (Lipinski definition) is 4. The highest BCUT2D eigenvalue weighted by Crippen LogP contribution is 2.25. The molecular formula is C20H34N4O. The molecule has 0 unspecified atom stereocenters.